The van der Waals surface area contributed by atoms with E-state index in [4.69, 9.17) is 28.2 Å². The lowest BCUT2D eigenvalue weighted by Crippen LogP contribution is -2.39. The quantitative estimate of drug-likeness (QED) is 0.413. The molecular formula is C22H25Cl2N3OS. The van der Waals surface area contributed by atoms with Crippen LogP contribution < -0.4 is 4.90 Å². The first-order chi connectivity index (χ1) is 14.0. The van der Waals surface area contributed by atoms with Crippen LogP contribution in [-0.2, 0) is 6.42 Å². The zero-order valence-corrected chi connectivity index (χ0v) is 19.2. The maximum absolute atomic E-state index is 13.4. The van der Waals surface area contributed by atoms with Gasteiger partial charge in [0.25, 0.3) is 5.91 Å². The van der Waals surface area contributed by atoms with Crippen molar-refractivity contribution in [2.45, 2.75) is 27.2 Å². The van der Waals surface area contributed by atoms with E-state index in [-0.39, 0.29) is 5.91 Å². The van der Waals surface area contributed by atoms with Gasteiger partial charge < -0.3 is 4.90 Å². The zero-order valence-electron chi connectivity index (χ0n) is 16.9. The minimum atomic E-state index is -0.181. The second-order valence-electron chi connectivity index (χ2n) is 6.76. The van der Waals surface area contributed by atoms with Crippen LogP contribution >= 0.6 is 34.5 Å². The number of nitrogens with zero attached hydrogens (tertiary/aromatic N) is 3. The molecule has 0 unspecified atom stereocenters. The third-order valence-electron chi connectivity index (χ3n) is 5.02. The molecule has 0 aliphatic heterocycles. The van der Waals surface area contributed by atoms with Crippen molar-refractivity contribution >= 4 is 55.8 Å². The molecule has 0 N–H and O–H groups in total. The number of thiazole rings is 1. The van der Waals surface area contributed by atoms with Gasteiger partial charge in [-0.2, -0.15) is 0 Å². The number of rotatable bonds is 8. The summed E-state index contributed by atoms with van der Waals surface area (Å²) in [6.45, 7) is 9.51. The first-order valence-corrected chi connectivity index (χ1v) is 11.4. The van der Waals surface area contributed by atoms with Crippen LogP contribution in [-0.4, -0.2) is 42.0 Å². The summed E-state index contributed by atoms with van der Waals surface area (Å²) in [7, 11) is 0. The van der Waals surface area contributed by atoms with Gasteiger partial charge in [-0.3, -0.25) is 9.69 Å². The third-order valence-corrected chi connectivity index (χ3v) is 6.62. The van der Waals surface area contributed by atoms with Gasteiger partial charge in [-0.05, 0) is 55.4 Å². The van der Waals surface area contributed by atoms with Crippen LogP contribution in [0.3, 0.4) is 0 Å². The summed E-state index contributed by atoms with van der Waals surface area (Å²) in [6, 6.07) is 11.2. The van der Waals surface area contributed by atoms with E-state index in [0.717, 1.165) is 36.3 Å². The third kappa shape index (κ3) is 5.10. The number of amides is 1. The van der Waals surface area contributed by atoms with Crippen molar-refractivity contribution in [2.75, 3.05) is 31.1 Å². The van der Waals surface area contributed by atoms with Gasteiger partial charge in [0, 0.05) is 18.1 Å². The number of hydrogen-bond donors (Lipinski definition) is 0. The predicted octanol–water partition coefficient (Wildman–Crippen LogP) is 6.15. The van der Waals surface area contributed by atoms with Crippen LogP contribution in [0.1, 0.15) is 36.7 Å². The maximum Gasteiger partial charge on any atom is 0.261 e. The number of carbonyl (C=O) groups is 1. The topological polar surface area (TPSA) is 36.4 Å². The molecule has 1 aromatic heterocycles. The van der Waals surface area contributed by atoms with Gasteiger partial charge in [0.15, 0.2) is 5.13 Å². The number of likely N-dealkylation sites (N-methyl/N-ethyl adjacent to an activating group) is 1. The largest absolute Gasteiger partial charge is 0.302 e. The van der Waals surface area contributed by atoms with E-state index in [1.807, 2.05) is 6.07 Å². The van der Waals surface area contributed by atoms with E-state index in [9.17, 15) is 4.79 Å². The molecule has 0 aliphatic rings. The molecule has 1 heterocycles. The second kappa shape index (κ2) is 9.90. The van der Waals surface area contributed by atoms with Crippen molar-refractivity contribution in [1.29, 1.82) is 0 Å². The van der Waals surface area contributed by atoms with E-state index in [1.165, 1.54) is 16.9 Å². The molecule has 29 heavy (non-hydrogen) atoms. The fourth-order valence-corrected chi connectivity index (χ4v) is 4.59. The monoisotopic (exact) mass is 449 g/mol. The Labute approximate surface area is 186 Å². The number of hydrogen-bond acceptors (Lipinski definition) is 4. The van der Waals surface area contributed by atoms with Gasteiger partial charge in [0.1, 0.15) is 0 Å². The molecule has 0 fully saturated rings. The molecule has 1 amide bonds. The maximum atomic E-state index is 13.4. The molecular weight excluding hydrogens is 425 g/mol. The average molecular weight is 450 g/mol. The van der Waals surface area contributed by atoms with E-state index < -0.39 is 0 Å². The van der Waals surface area contributed by atoms with Gasteiger partial charge in [-0.15, -0.1) is 0 Å². The molecule has 3 rings (SSSR count). The molecule has 4 nitrogen and oxygen atoms in total. The van der Waals surface area contributed by atoms with Crippen molar-refractivity contribution in [3.05, 3.63) is 57.6 Å². The Balaban J connectivity index is 2.00. The van der Waals surface area contributed by atoms with Gasteiger partial charge in [0.05, 0.1) is 20.8 Å². The SMILES string of the molecule is CCc1ccc2nc(N(CCN(CC)CC)C(=O)c3cc(Cl)ccc3Cl)sc2c1. The Bertz CT molecular complexity index is 1000. The number of carbonyl (C=O) groups excluding carboxylic acids is 1. The summed E-state index contributed by atoms with van der Waals surface area (Å²) in [5.74, 6) is -0.181. The molecule has 0 atom stereocenters. The summed E-state index contributed by atoms with van der Waals surface area (Å²) in [6.07, 6.45) is 0.964. The number of fused-ring (bicyclic) bond motifs is 1. The summed E-state index contributed by atoms with van der Waals surface area (Å²) < 4.78 is 1.08. The second-order valence-corrected chi connectivity index (χ2v) is 8.61. The Morgan fingerprint density at radius 3 is 2.48 bits per heavy atom. The molecule has 7 heteroatoms. The summed E-state index contributed by atoms with van der Waals surface area (Å²) in [5.41, 5.74) is 2.55. The number of halogens is 2. The van der Waals surface area contributed by atoms with Crippen LogP contribution in [0.4, 0.5) is 5.13 Å². The molecule has 0 saturated heterocycles. The van der Waals surface area contributed by atoms with E-state index in [0.29, 0.717) is 27.3 Å². The minimum Gasteiger partial charge on any atom is -0.302 e. The van der Waals surface area contributed by atoms with Crippen molar-refractivity contribution in [3.8, 4) is 0 Å². The molecule has 0 spiro atoms. The molecule has 0 bridgehead atoms. The summed E-state index contributed by atoms with van der Waals surface area (Å²) >= 11 is 14.0. The fourth-order valence-electron chi connectivity index (χ4n) is 3.16. The molecule has 0 saturated carbocycles. The fraction of sp³-hybridized carbons (Fsp3) is 0.364. The van der Waals surface area contributed by atoms with Crippen LogP contribution in [0.25, 0.3) is 10.2 Å². The summed E-state index contributed by atoms with van der Waals surface area (Å²) in [4.78, 5) is 22.2. The highest BCUT2D eigenvalue weighted by atomic mass is 35.5. The molecule has 0 aliphatic carbocycles. The van der Waals surface area contributed by atoms with Crippen LogP contribution in [0, 0.1) is 0 Å². The van der Waals surface area contributed by atoms with Crippen molar-refractivity contribution in [3.63, 3.8) is 0 Å². The average Bonchev–Trinajstić information content (AvgIpc) is 3.15. The molecule has 154 valence electrons. The van der Waals surface area contributed by atoms with Gasteiger partial charge in [0.2, 0.25) is 0 Å². The summed E-state index contributed by atoms with van der Waals surface area (Å²) in [5, 5.41) is 1.56. The zero-order chi connectivity index (χ0) is 21.0. The van der Waals surface area contributed by atoms with Crippen LogP contribution in [0.5, 0.6) is 0 Å². The molecule has 0 radical (unpaired) electrons. The molecule has 2 aromatic carbocycles. The van der Waals surface area contributed by atoms with Crippen LogP contribution in [0.15, 0.2) is 36.4 Å². The lowest BCUT2D eigenvalue weighted by molar-refractivity contribution is 0.0984. The van der Waals surface area contributed by atoms with Gasteiger partial charge >= 0.3 is 0 Å². The van der Waals surface area contributed by atoms with E-state index in [1.54, 1.807) is 23.1 Å². The number of aryl methyl sites for hydroxylation is 1. The Hall–Kier alpha value is -1.66. The predicted molar refractivity (Wildman–Crippen MR) is 125 cm³/mol. The highest BCUT2D eigenvalue weighted by molar-refractivity contribution is 7.22. The van der Waals surface area contributed by atoms with E-state index >= 15 is 0 Å². The van der Waals surface area contributed by atoms with Gasteiger partial charge in [-0.1, -0.05) is 61.4 Å². The highest BCUT2D eigenvalue weighted by Gasteiger charge is 2.24. The van der Waals surface area contributed by atoms with Gasteiger partial charge in [-0.25, -0.2) is 4.98 Å². The van der Waals surface area contributed by atoms with Crippen molar-refractivity contribution < 1.29 is 4.79 Å². The normalized spacial score (nSPS) is 11.4. The minimum absolute atomic E-state index is 0.181. The first kappa shape index (κ1) is 22.0. The highest BCUT2D eigenvalue weighted by Crippen LogP contribution is 2.32. The first-order valence-electron chi connectivity index (χ1n) is 9.85. The van der Waals surface area contributed by atoms with Crippen molar-refractivity contribution in [1.82, 2.24) is 9.88 Å². The number of aromatic nitrogens is 1. The van der Waals surface area contributed by atoms with E-state index in [2.05, 4.69) is 37.8 Å². The number of benzene rings is 2. The lowest BCUT2D eigenvalue weighted by Gasteiger charge is -2.25. The van der Waals surface area contributed by atoms with Crippen molar-refractivity contribution in [2.24, 2.45) is 0 Å². The Kier molecular flexibility index (Phi) is 7.52. The van der Waals surface area contributed by atoms with Crippen LogP contribution in [0.2, 0.25) is 10.0 Å². The number of anilines is 1. The lowest BCUT2D eigenvalue weighted by atomic mass is 10.2. The standard InChI is InChI=1S/C22H25Cl2N3OS/c1-4-15-7-10-19-20(13-15)29-22(25-19)27(12-11-26(5-2)6-3)21(28)17-14-16(23)8-9-18(17)24/h7-10,13-14H,4-6,11-12H2,1-3H3. The Morgan fingerprint density at radius 2 is 1.79 bits per heavy atom. The Morgan fingerprint density at radius 1 is 1.03 bits per heavy atom. The molecule has 3 aromatic rings. The smallest absolute Gasteiger partial charge is 0.261 e.